The van der Waals surface area contributed by atoms with E-state index in [0.29, 0.717) is 5.41 Å². The molecule has 0 unspecified atom stereocenters. The summed E-state index contributed by atoms with van der Waals surface area (Å²) in [5.74, 6) is 0.794. The molecule has 1 aliphatic rings. The van der Waals surface area contributed by atoms with E-state index in [2.05, 4.69) is 10.3 Å². The van der Waals surface area contributed by atoms with Crippen LogP contribution < -0.4 is 5.32 Å². The van der Waals surface area contributed by atoms with E-state index < -0.39 is 0 Å². The number of hydrogen-bond acceptors (Lipinski definition) is 3. The molecule has 1 heterocycles. The Kier molecular flexibility index (Phi) is 2.86. The van der Waals surface area contributed by atoms with Crippen molar-refractivity contribution in [3.05, 3.63) is 16.6 Å². The first-order valence-corrected chi connectivity index (χ1v) is 5.90. The van der Waals surface area contributed by atoms with Crippen LogP contribution >= 0.6 is 22.9 Å². The molecule has 2 nitrogen and oxygen atoms in total. The fourth-order valence-electron chi connectivity index (χ4n) is 1.31. The summed E-state index contributed by atoms with van der Waals surface area (Å²) in [6.45, 7) is 1.98. The molecule has 0 saturated heterocycles. The second kappa shape index (κ2) is 3.95. The Morgan fingerprint density at radius 1 is 1.62 bits per heavy atom. The third-order valence-corrected chi connectivity index (χ3v) is 3.87. The quantitative estimate of drug-likeness (QED) is 0.764. The monoisotopic (exact) mass is 216 g/mol. The van der Waals surface area contributed by atoms with E-state index in [4.69, 9.17) is 11.6 Å². The minimum Gasteiger partial charge on any atom is -0.311 e. The smallest absolute Gasteiger partial charge is 0.0794 e. The number of nitrogens with zero attached hydrogens (tertiary/aromatic N) is 1. The van der Waals surface area contributed by atoms with Crippen LogP contribution in [0.5, 0.6) is 0 Å². The number of halogens is 1. The minimum atomic E-state index is 0.423. The van der Waals surface area contributed by atoms with Crippen LogP contribution in [0.2, 0.25) is 0 Å². The van der Waals surface area contributed by atoms with Crippen molar-refractivity contribution >= 4 is 22.9 Å². The van der Waals surface area contributed by atoms with Crippen molar-refractivity contribution in [2.75, 3.05) is 12.4 Å². The third-order valence-electron chi connectivity index (χ3n) is 2.52. The number of hydrogen-bond donors (Lipinski definition) is 1. The minimum absolute atomic E-state index is 0.423. The fourth-order valence-corrected chi connectivity index (χ4v) is 2.24. The molecule has 1 fully saturated rings. The first-order chi connectivity index (χ1) is 6.35. The lowest BCUT2D eigenvalue weighted by atomic mass is 10.1. The van der Waals surface area contributed by atoms with Crippen molar-refractivity contribution in [1.82, 2.24) is 10.3 Å². The summed E-state index contributed by atoms with van der Waals surface area (Å²) in [7, 11) is 0. The predicted molar refractivity (Wildman–Crippen MR) is 56.2 cm³/mol. The van der Waals surface area contributed by atoms with Crippen LogP contribution in [0, 0.1) is 5.41 Å². The lowest BCUT2D eigenvalue weighted by Crippen LogP contribution is -2.24. The first kappa shape index (κ1) is 9.44. The molecule has 0 aliphatic heterocycles. The molecule has 0 radical (unpaired) electrons. The molecule has 0 bridgehead atoms. The molecule has 1 aromatic heterocycles. The Morgan fingerprint density at radius 2 is 2.46 bits per heavy atom. The van der Waals surface area contributed by atoms with Crippen molar-refractivity contribution < 1.29 is 0 Å². The van der Waals surface area contributed by atoms with Gasteiger partial charge in [0.2, 0.25) is 0 Å². The summed E-state index contributed by atoms with van der Waals surface area (Å²) in [4.78, 5) is 5.32. The van der Waals surface area contributed by atoms with E-state index >= 15 is 0 Å². The number of rotatable bonds is 5. The number of nitrogens with one attached hydrogen (secondary N) is 1. The van der Waals surface area contributed by atoms with Gasteiger partial charge in [0.1, 0.15) is 0 Å². The van der Waals surface area contributed by atoms with Crippen molar-refractivity contribution in [3.8, 4) is 0 Å². The van der Waals surface area contributed by atoms with Gasteiger partial charge in [0.05, 0.1) is 5.51 Å². The van der Waals surface area contributed by atoms with Gasteiger partial charge in [-0.05, 0) is 18.3 Å². The summed E-state index contributed by atoms with van der Waals surface area (Å²) < 4.78 is 0. The van der Waals surface area contributed by atoms with Gasteiger partial charge < -0.3 is 5.32 Å². The van der Waals surface area contributed by atoms with E-state index in [1.54, 1.807) is 11.3 Å². The van der Waals surface area contributed by atoms with E-state index in [1.807, 2.05) is 11.7 Å². The lowest BCUT2D eigenvalue weighted by molar-refractivity contribution is 0.506. The van der Waals surface area contributed by atoms with Crippen LogP contribution in [0.25, 0.3) is 0 Å². The summed E-state index contributed by atoms with van der Waals surface area (Å²) >= 11 is 7.56. The van der Waals surface area contributed by atoms with Crippen LogP contribution in [0.4, 0.5) is 0 Å². The van der Waals surface area contributed by atoms with Gasteiger partial charge in [-0.3, -0.25) is 4.98 Å². The van der Waals surface area contributed by atoms with E-state index in [9.17, 15) is 0 Å². The summed E-state index contributed by atoms with van der Waals surface area (Å²) in [6, 6.07) is 0. The molecule has 0 spiro atoms. The second-order valence-corrected chi connectivity index (χ2v) is 4.94. The molecule has 1 aliphatic carbocycles. The van der Waals surface area contributed by atoms with Crippen LogP contribution in [0.3, 0.4) is 0 Å². The highest BCUT2D eigenvalue weighted by atomic mass is 35.5. The summed E-state index contributed by atoms with van der Waals surface area (Å²) in [5, 5.41) is 3.43. The van der Waals surface area contributed by atoms with Crippen LogP contribution in [0.1, 0.15) is 17.7 Å². The maximum atomic E-state index is 5.87. The Hall–Kier alpha value is -0.120. The Balaban J connectivity index is 1.70. The van der Waals surface area contributed by atoms with Gasteiger partial charge in [0.15, 0.2) is 0 Å². The first-order valence-electron chi connectivity index (χ1n) is 4.49. The zero-order valence-corrected chi connectivity index (χ0v) is 9.00. The van der Waals surface area contributed by atoms with Crippen molar-refractivity contribution in [2.24, 2.45) is 5.41 Å². The van der Waals surface area contributed by atoms with Gasteiger partial charge in [0.25, 0.3) is 0 Å². The zero-order chi connectivity index (χ0) is 9.15. The maximum absolute atomic E-state index is 5.87. The SMILES string of the molecule is ClCC1(CNCc2cncs2)CC1. The van der Waals surface area contributed by atoms with Gasteiger partial charge in [-0.1, -0.05) is 0 Å². The van der Waals surface area contributed by atoms with Gasteiger partial charge in [0, 0.05) is 30.0 Å². The molecule has 13 heavy (non-hydrogen) atoms. The highest BCUT2D eigenvalue weighted by molar-refractivity contribution is 7.09. The Labute approximate surface area is 87.3 Å². The molecule has 1 aromatic rings. The van der Waals surface area contributed by atoms with E-state index in [0.717, 1.165) is 19.0 Å². The molecule has 4 heteroatoms. The number of aromatic nitrogens is 1. The van der Waals surface area contributed by atoms with Crippen molar-refractivity contribution in [3.63, 3.8) is 0 Å². The van der Waals surface area contributed by atoms with Crippen LogP contribution in [0.15, 0.2) is 11.7 Å². The molecule has 72 valence electrons. The molecule has 0 aromatic carbocycles. The predicted octanol–water partition coefficient (Wildman–Crippen LogP) is 2.25. The highest BCUT2D eigenvalue weighted by Gasteiger charge is 2.41. The number of thiazole rings is 1. The molecular weight excluding hydrogens is 204 g/mol. The Bertz CT molecular complexity index is 257. The van der Waals surface area contributed by atoms with E-state index in [1.165, 1.54) is 17.7 Å². The largest absolute Gasteiger partial charge is 0.311 e. The lowest BCUT2D eigenvalue weighted by Gasteiger charge is -2.11. The van der Waals surface area contributed by atoms with Gasteiger partial charge in [-0.25, -0.2) is 0 Å². The maximum Gasteiger partial charge on any atom is 0.0794 e. The second-order valence-electron chi connectivity index (χ2n) is 3.70. The molecule has 1 N–H and O–H groups in total. The zero-order valence-electron chi connectivity index (χ0n) is 7.42. The van der Waals surface area contributed by atoms with Crippen LogP contribution in [-0.4, -0.2) is 17.4 Å². The highest BCUT2D eigenvalue weighted by Crippen LogP contribution is 2.45. The topological polar surface area (TPSA) is 24.9 Å². The molecular formula is C9H13ClN2S. The molecule has 2 rings (SSSR count). The third kappa shape index (κ3) is 2.42. The van der Waals surface area contributed by atoms with E-state index in [-0.39, 0.29) is 0 Å². The van der Waals surface area contributed by atoms with Gasteiger partial charge in [-0.2, -0.15) is 0 Å². The molecule has 0 atom stereocenters. The fraction of sp³-hybridized carbons (Fsp3) is 0.667. The summed E-state index contributed by atoms with van der Waals surface area (Å²) in [6.07, 6.45) is 4.48. The van der Waals surface area contributed by atoms with Gasteiger partial charge >= 0.3 is 0 Å². The molecule has 0 amide bonds. The standard InChI is InChI=1S/C9H13ClN2S/c10-5-9(1-2-9)6-11-3-8-4-12-7-13-8/h4,7,11H,1-3,5-6H2. The van der Waals surface area contributed by atoms with Crippen LogP contribution in [-0.2, 0) is 6.54 Å². The number of alkyl halides is 1. The van der Waals surface area contributed by atoms with Gasteiger partial charge in [-0.15, -0.1) is 22.9 Å². The average molecular weight is 217 g/mol. The average Bonchev–Trinajstić information content (AvgIpc) is 2.74. The Morgan fingerprint density at radius 3 is 3.00 bits per heavy atom. The van der Waals surface area contributed by atoms with Crippen molar-refractivity contribution in [1.29, 1.82) is 0 Å². The summed E-state index contributed by atoms with van der Waals surface area (Å²) in [5.41, 5.74) is 2.29. The molecule has 1 saturated carbocycles. The van der Waals surface area contributed by atoms with Crippen molar-refractivity contribution in [2.45, 2.75) is 19.4 Å². The normalized spacial score (nSPS) is 18.8.